The summed E-state index contributed by atoms with van der Waals surface area (Å²) in [4.78, 5) is 44.1. The number of carbonyl (C=O) groups is 2. The fourth-order valence-electron chi connectivity index (χ4n) is 2.55. The first-order valence-electron chi connectivity index (χ1n) is 9.11. The minimum absolute atomic E-state index is 0.205. The highest BCUT2D eigenvalue weighted by Crippen LogP contribution is 2.04. The van der Waals surface area contributed by atoms with Crippen LogP contribution < -0.4 is 11.2 Å². The molecule has 9 heteroatoms. The molecule has 2 N–H and O–H groups in total. The summed E-state index contributed by atoms with van der Waals surface area (Å²) in [5, 5.41) is 14.8. The highest BCUT2D eigenvalue weighted by atomic mass is 16.4. The minimum Gasteiger partial charge on any atom is -0.473 e. The largest absolute Gasteiger partial charge is 0.473 e. The van der Waals surface area contributed by atoms with Gasteiger partial charge in [0, 0.05) is 25.4 Å². The molecule has 0 aliphatic carbocycles. The van der Waals surface area contributed by atoms with Crippen LogP contribution in [0.3, 0.4) is 0 Å². The summed E-state index contributed by atoms with van der Waals surface area (Å²) in [6.07, 6.45) is 4.51. The van der Waals surface area contributed by atoms with Crippen LogP contribution in [0.2, 0.25) is 0 Å². The van der Waals surface area contributed by atoms with Gasteiger partial charge in [-0.05, 0) is 39.4 Å². The monoisotopic (exact) mass is 385 g/mol. The summed E-state index contributed by atoms with van der Waals surface area (Å²) >= 11 is 0. The third kappa shape index (κ3) is 9.18. The van der Waals surface area contributed by atoms with Crippen molar-refractivity contribution in [3.8, 4) is 0 Å². The predicted octanol–water partition coefficient (Wildman–Crippen LogP) is 0.913. The molecule has 154 valence electrons. The molecule has 0 saturated heterocycles. The zero-order chi connectivity index (χ0) is 21.0. The van der Waals surface area contributed by atoms with Crippen LogP contribution in [0.15, 0.2) is 15.7 Å². The predicted molar refractivity (Wildman–Crippen MR) is 102 cm³/mol. The van der Waals surface area contributed by atoms with Crippen LogP contribution in [0.4, 0.5) is 0 Å². The Balaban J connectivity index is 0.000000972. The van der Waals surface area contributed by atoms with E-state index in [2.05, 4.69) is 18.7 Å². The van der Waals surface area contributed by atoms with Gasteiger partial charge in [-0.2, -0.15) is 0 Å². The number of hydrogen-bond acceptors (Lipinski definition) is 5. The van der Waals surface area contributed by atoms with Crippen molar-refractivity contribution >= 4 is 11.9 Å². The van der Waals surface area contributed by atoms with E-state index in [0.29, 0.717) is 6.54 Å². The first kappa shape index (κ1) is 24.6. The molecule has 1 aromatic heterocycles. The Morgan fingerprint density at radius 2 is 1.52 bits per heavy atom. The fourth-order valence-corrected chi connectivity index (χ4v) is 2.55. The summed E-state index contributed by atoms with van der Waals surface area (Å²) < 4.78 is 2.87. The number of unbranched alkanes of at least 4 members (excludes halogenated alkanes) is 3. The molecule has 0 radical (unpaired) electrons. The summed E-state index contributed by atoms with van der Waals surface area (Å²) in [7, 11) is 1.53. The smallest absolute Gasteiger partial charge is 0.414 e. The molecule has 0 saturated carbocycles. The average Bonchev–Trinajstić information content (AvgIpc) is 2.62. The van der Waals surface area contributed by atoms with Crippen LogP contribution in [0.1, 0.15) is 45.2 Å². The van der Waals surface area contributed by atoms with Gasteiger partial charge in [-0.1, -0.05) is 26.7 Å². The van der Waals surface area contributed by atoms with Crippen LogP contribution in [0, 0.1) is 6.92 Å². The lowest BCUT2D eigenvalue weighted by atomic mass is 10.2. The van der Waals surface area contributed by atoms with E-state index in [1.165, 1.54) is 30.5 Å². The van der Waals surface area contributed by atoms with Gasteiger partial charge in [0.2, 0.25) is 0 Å². The van der Waals surface area contributed by atoms with Crippen LogP contribution in [-0.4, -0.2) is 55.8 Å². The van der Waals surface area contributed by atoms with Crippen molar-refractivity contribution in [3.05, 3.63) is 32.6 Å². The Hall–Kier alpha value is -2.42. The molecule has 0 aliphatic rings. The molecule has 1 rings (SSSR count). The van der Waals surface area contributed by atoms with E-state index < -0.39 is 11.9 Å². The van der Waals surface area contributed by atoms with Crippen LogP contribution in [0.25, 0.3) is 0 Å². The number of aliphatic carboxylic acids is 2. The summed E-state index contributed by atoms with van der Waals surface area (Å²) in [5.41, 5.74) is 0.322. The summed E-state index contributed by atoms with van der Waals surface area (Å²) in [6.45, 7) is 10.3. The van der Waals surface area contributed by atoms with Crippen molar-refractivity contribution in [3.63, 3.8) is 0 Å². The van der Waals surface area contributed by atoms with Crippen LogP contribution >= 0.6 is 0 Å². The quantitative estimate of drug-likeness (QED) is 0.479. The van der Waals surface area contributed by atoms with Gasteiger partial charge in [-0.25, -0.2) is 14.4 Å². The van der Waals surface area contributed by atoms with Crippen LogP contribution in [-0.2, 0) is 23.2 Å². The molecule has 0 spiro atoms. The first-order valence-corrected chi connectivity index (χ1v) is 9.11. The number of rotatable bonds is 9. The van der Waals surface area contributed by atoms with Crippen molar-refractivity contribution in [1.29, 1.82) is 0 Å². The number of hydrogen-bond donors (Lipinski definition) is 2. The molecule has 0 fully saturated rings. The van der Waals surface area contributed by atoms with Gasteiger partial charge in [-0.3, -0.25) is 13.9 Å². The second-order valence-electron chi connectivity index (χ2n) is 6.17. The maximum atomic E-state index is 12.0. The molecule has 0 atom stereocenters. The minimum atomic E-state index is -1.82. The Bertz CT molecular complexity index is 707. The molecule has 0 aromatic carbocycles. The van der Waals surface area contributed by atoms with Crippen molar-refractivity contribution in [2.45, 2.75) is 53.0 Å². The second-order valence-corrected chi connectivity index (χ2v) is 6.17. The maximum Gasteiger partial charge on any atom is 0.414 e. The third-order valence-corrected chi connectivity index (χ3v) is 4.29. The van der Waals surface area contributed by atoms with Gasteiger partial charge in [-0.15, -0.1) is 0 Å². The Morgan fingerprint density at radius 1 is 1.00 bits per heavy atom. The van der Waals surface area contributed by atoms with Gasteiger partial charge in [0.25, 0.3) is 5.56 Å². The molecule has 27 heavy (non-hydrogen) atoms. The molecule has 0 amide bonds. The lowest BCUT2D eigenvalue weighted by molar-refractivity contribution is -0.159. The standard InChI is InChI=1S/C16H29N3O2.C2H2O4/c1-5-18(6-2)11-9-7-8-10-12-19-14(3)13-15(20)17(4)16(19)21;3-1(4)2(5)6/h13H,5-12H2,1-4H3;(H,3,4)(H,5,6). The number of carboxylic acids is 2. The highest BCUT2D eigenvalue weighted by molar-refractivity contribution is 6.27. The third-order valence-electron chi connectivity index (χ3n) is 4.29. The summed E-state index contributed by atoms with van der Waals surface area (Å²) in [5.74, 6) is -3.65. The van der Waals surface area contributed by atoms with E-state index in [1.54, 1.807) is 4.57 Å². The number of carboxylic acid groups (broad SMARTS) is 2. The Labute approximate surface area is 158 Å². The van der Waals surface area contributed by atoms with Gasteiger partial charge >= 0.3 is 17.6 Å². The van der Waals surface area contributed by atoms with Crippen molar-refractivity contribution in [1.82, 2.24) is 14.0 Å². The number of nitrogens with zero attached hydrogens (tertiary/aromatic N) is 3. The molecule has 0 bridgehead atoms. The van der Waals surface area contributed by atoms with Crippen molar-refractivity contribution in [2.75, 3.05) is 19.6 Å². The van der Waals surface area contributed by atoms with E-state index in [1.807, 2.05) is 6.92 Å². The second kappa shape index (κ2) is 12.9. The number of aromatic nitrogens is 2. The average molecular weight is 385 g/mol. The molecule has 0 aliphatic heterocycles. The maximum absolute atomic E-state index is 12.0. The van der Waals surface area contributed by atoms with Gasteiger partial charge < -0.3 is 15.1 Å². The fraction of sp³-hybridized carbons (Fsp3) is 0.667. The zero-order valence-electron chi connectivity index (χ0n) is 16.6. The number of aryl methyl sites for hydroxylation is 1. The van der Waals surface area contributed by atoms with Gasteiger partial charge in [0.1, 0.15) is 0 Å². The van der Waals surface area contributed by atoms with E-state index >= 15 is 0 Å². The molecular weight excluding hydrogens is 354 g/mol. The first-order chi connectivity index (χ1) is 12.6. The highest BCUT2D eigenvalue weighted by Gasteiger charge is 2.05. The lowest BCUT2D eigenvalue weighted by Crippen LogP contribution is -2.38. The molecule has 0 unspecified atom stereocenters. The molecule has 9 nitrogen and oxygen atoms in total. The van der Waals surface area contributed by atoms with Crippen molar-refractivity contribution in [2.24, 2.45) is 7.05 Å². The zero-order valence-corrected chi connectivity index (χ0v) is 16.6. The van der Waals surface area contributed by atoms with E-state index in [9.17, 15) is 9.59 Å². The SMILES string of the molecule is CCN(CC)CCCCCCn1c(C)cc(=O)n(C)c1=O.O=C(O)C(=O)O. The Morgan fingerprint density at radius 3 is 2.00 bits per heavy atom. The van der Waals surface area contributed by atoms with Gasteiger partial charge in [0.15, 0.2) is 0 Å². The normalized spacial score (nSPS) is 10.4. The topological polar surface area (TPSA) is 122 Å². The van der Waals surface area contributed by atoms with Gasteiger partial charge in [0.05, 0.1) is 0 Å². The van der Waals surface area contributed by atoms with E-state index in [4.69, 9.17) is 19.8 Å². The Kier molecular flexibility index (Phi) is 11.7. The molecule has 1 heterocycles. The summed E-state index contributed by atoms with van der Waals surface area (Å²) in [6, 6.07) is 1.53. The van der Waals surface area contributed by atoms with Crippen molar-refractivity contribution < 1.29 is 19.8 Å². The van der Waals surface area contributed by atoms with Crippen LogP contribution in [0.5, 0.6) is 0 Å². The van der Waals surface area contributed by atoms with E-state index in [-0.39, 0.29) is 11.2 Å². The molecular formula is C18H31N3O6. The lowest BCUT2D eigenvalue weighted by Gasteiger charge is -2.17. The molecule has 1 aromatic rings. The van der Waals surface area contributed by atoms with E-state index in [0.717, 1.165) is 38.2 Å².